The van der Waals surface area contributed by atoms with Crippen molar-refractivity contribution in [2.45, 2.75) is 0 Å². The van der Waals surface area contributed by atoms with Crippen LogP contribution in [0.3, 0.4) is 0 Å². The van der Waals surface area contributed by atoms with Gasteiger partial charge < -0.3 is 0 Å². The van der Waals surface area contributed by atoms with E-state index in [0.717, 1.165) is 39.5 Å². The maximum atomic E-state index is 5.33. The Hall–Kier alpha value is -8.20. The lowest BCUT2D eigenvalue weighted by Crippen LogP contribution is -1.97. The topological polar surface area (TPSA) is 25.8 Å². The second-order valence-corrected chi connectivity index (χ2v) is 16.4. The van der Waals surface area contributed by atoms with Gasteiger partial charge in [-0.2, -0.15) is 0 Å². The molecule has 0 spiro atoms. The van der Waals surface area contributed by atoms with E-state index in [0.29, 0.717) is 0 Å². The first-order valence-corrected chi connectivity index (χ1v) is 21.3. The van der Waals surface area contributed by atoms with Gasteiger partial charge in [-0.25, -0.2) is 9.97 Å². The summed E-state index contributed by atoms with van der Waals surface area (Å²) >= 11 is 0. The lowest BCUT2D eigenvalue weighted by atomic mass is 9.83. The molecule has 2 heteroatoms. The van der Waals surface area contributed by atoms with Crippen LogP contribution in [0, 0.1) is 0 Å². The van der Waals surface area contributed by atoms with E-state index in [1.807, 2.05) is 6.07 Å². The van der Waals surface area contributed by atoms with E-state index in [9.17, 15) is 0 Å². The third-order valence-corrected chi connectivity index (χ3v) is 13.0. The van der Waals surface area contributed by atoms with Crippen molar-refractivity contribution in [1.29, 1.82) is 0 Å². The fourth-order valence-electron chi connectivity index (χ4n) is 10.2. The van der Waals surface area contributed by atoms with Gasteiger partial charge in [0.25, 0.3) is 0 Å². The minimum Gasteiger partial charge on any atom is -0.227 e. The monoisotopic (exact) mass is 784 g/mol. The number of hydrogen-bond donors (Lipinski definition) is 0. The van der Waals surface area contributed by atoms with Crippen molar-refractivity contribution in [2.24, 2.45) is 0 Å². The summed E-state index contributed by atoms with van der Waals surface area (Å²) in [5.74, 6) is 0.735. The summed E-state index contributed by atoms with van der Waals surface area (Å²) in [5.41, 5.74) is 14.8. The largest absolute Gasteiger partial charge is 0.227 e. The number of benzene rings is 11. The Kier molecular flexibility index (Phi) is 7.64. The molecule has 0 unspecified atom stereocenters. The zero-order valence-corrected chi connectivity index (χ0v) is 33.7. The van der Waals surface area contributed by atoms with Gasteiger partial charge in [-0.15, -0.1) is 0 Å². The van der Waals surface area contributed by atoms with Crippen LogP contribution in [0.5, 0.6) is 0 Å². The van der Waals surface area contributed by atoms with E-state index in [2.05, 4.69) is 212 Å². The smallest absolute Gasteiger partial charge is 0.160 e. The molecule has 0 atom stereocenters. The molecule has 1 aliphatic carbocycles. The summed E-state index contributed by atoms with van der Waals surface area (Å²) in [6.45, 7) is 0. The fourth-order valence-corrected chi connectivity index (χ4v) is 10.2. The van der Waals surface area contributed by atoms with Crippen molar-refractivity contribution in [2.75, 3.05) is 0 Å². The van der Waals surface area contributed by atoms with E-state index in [1.54, 1.807) is 0 Å². The van der Waals surface area contributed by atoms with Crippen LogP contribution < -0.4 is 0 Å². The van der Waals surface area contributed by atoms with Gasteiger partial charge in [0.1, 0.15) is 0 Å². The third-order valence-electron chi connectivity index (χ3n) is 13.0. The molecule has 2 nitrogen and oxygen atoms in total. The highest BCUT2D eigenvalue weighted by Gasteiger charge is 2.29. The van der Waals surface area contributed by atoms with Crippen LogP contribution in [-0.4, -0.2) is 9.97 Å². The van der Waals surface area contributed by atoms with Crippen LogP contribution in [-0.2, 0) is 0 Å². The van der Waals surface area contributed by atoms with Crippen LogP contribution >= 0.6 is 0 Å². The Labute approximate surface area is 359 Å². The van der Waals surface area contributed by atoms with Gasteiger partial charge in [0.2, 0.25) is 0 Å². The van der Waals surface area contributed by atoms with Gasteiger partial charge in [-0.05, 0) is 111 Å². The predicted octanol–water partition coefficient (Wildman–Crippen LogP) is 16.2. The van der Waals surface area contributed by atoms with E-state index in [4.69, 9.17) is 9.97 Å². The highest BCUT2D eigenvalue weighted by atomic mass is 14.9. The first-order chi connectivity index (χ1) is 30.7. The van der Waals surface area contributed by atoms with Crippen molar-refractivity contribution in [3.05, 3.63) is 218 Å². The van der Waals surface area contributed by atoms with Crippen LogP contribution in [0.15, 0.2) is 218 Å². The number of fused-ring (bicyclic) bond motifs is 7. The Morgan fingerprint density at radius 3 is 1.44 bits per heavy atom. The lowest BCUT2D eigenvalue weighted by Gasteiger charge is -2.20. The fraction of sp³-hybridized carbons (Fsp3) is 0. The Morgan fingerprint density at radius 1 is 0.242 bits per heavy atom. The quantitative estimate of drug-likeness (QED) is 0.162. The third kappa shape index (κ3) is 5.30. The molecular weight excluding hydrogens is 749 g/mol. The van der Waals surface area contributed by atoms with E-state index in [1.165, 1.54) is 92.8 Å². The van der Waals surface area contributed by atoms with E-state index in [-0.39, 0.29) is 0 Å². The van der Waals surface area contributed by atoms with Crippen molar-refractivity contribution in [1.82, 2.24) is 9.97 Å². The van der Waals surface area contributed by atoms with Crippen LogP contribution in [0.2, 0.25) is 0 Å². The molecule has 1 aromatic heterocycles. The highest BCUT2D eigenvalue weighted by molar-refractivity contribution is 6.24. The summed E-state index contributed by atoms with van der Waals surface area (Å²) < 4.78 is 0. The van der Waals surface area contributed by atoms with Crippen molar-refractivity contribution in [3.8, 4) is 78.4 Å². The molecule has 1 aliphatic rings. The Morgan fingerprint density at radius 2 is 0.758 bits per heavy atom. The van der Waals surface area contributed by atoms with Crippen LogP contribution in [0.1, 0.15) is 0 Å². The van der Waals surface area contributed by atoms with Crippen LogP contribution in [0.25, 0.3) is 132 Å². The molecule has 12 aromatic rings. The number of aromatic nitrogens is 2. The molecule has 0 aliphatic heterocycles. The molecule has 1 heterocycles. The van der Waals surface area contributed by atoms with Crippen molar-refractivity contribution in [3.63, 3.8) is 0 Å². The first kappa shape index (κ1) is 34.6. The minimum absolute atomic E-state index is 0.735. The van der Waals surface area contributed by atoms with Gasteiger partial charge in [0.05, 0.1) is 11.4 Å². The molecule has 0 saturated carbocycles. The summed E-state index contributed by atoms with van der Waals surface area (Å²) in [6, 6.07) is 79.5. The van der Waals surface area contributed by atoms with E-state index >= 15 is 0 Å². The molecule has 0 bridgehead atoms. The second-order valence-electron chi connectivity index (χ2n) is 16.4. The molecule has 62 heavy (non-hydrogen) atoms. The van der Waals surface area contributed by atoms with Gasteiger partial charge in [-0.1, -0.05) is 200 Å². The second kappa shape index (κ2) is 13.7. The zero-order valence-electron chi connectivity index (χ0n) is 33.7. The molecule has 0 N–H and O–H groups in total. The number of nitrogens with zero attached hydrogens (tertiary/aromatic N) is 2. The average Bonchev–Trinajstić information content (AvgIpc) is 3.67. The van der Waals surface area contributed by atoms with Crippen molar-refractivity contribution >= 4 is 53.9 Å². The summed E-state index contributed by atoms with van der Waals surface area (Å²) in [7, 11) is 0. The molecular formula is C60H36N2. The van der Waals surface area contributed by atoms with Gasteiger partial charge in [0, 0.05) is 22.3 Å². The summed E-state index contributed by atoms with van der Waals surface area (Å²) in [5, 5.41) is 12.3. The van der Waals surface area contributed by atoms with Gasteiger partial charge >= 0.3 is 0 Å². The zero-order chi connectivity index (χ0) is 40.7. The first-order valence-electron chi connectivity index (χ1n) is 21.3. The average molecular weight is 785 g/mol. The number of rotatable bonds is 5. The van der Waals surface area contributed by atoms with Crippen molar-refractivity contribution < 1.29 is 0 Å². The molecule has 11 aromatic carbocycles. The van der Waals surface area contributed by atoms with E-state index < -0.39 is 0 Å². The number of hydrogen-bond acceptors (Lipinski definition) is 2. The minimum atomic E-state index is 0.735. The Bertz CT molecular complexity index is 3790. The standard InChI is InChI=1S/C60H36N2/c1-3-16-39(17-4-1)58-57-51-33-32-46(47-24-13-25-52(56(47)51)59(57)62-60(61-58)40-18-5-2-6-19-40)43-30-31-50-53(36-43)55(45-29-27-38-15-8-10-21-42(38)35-45)49-23-12-11-22-48(49)54(50)44-28-26-37-14-7-9-20-41(37)34-44/h1-36H. The molecule has 0 saturated heterocycles. The van der Waals surface area contributed by atoms with Gasteiger partial charge in [-0.3, -0.25) is 0 Å². The Balaban J connectivity index is 1.08. The maximum absolute atomic E-state index is 5.33. The predicted molar refractivity (Wildman–Crippen MR) is 261 cm³/mol. The molecule has 286 valence electrons. The lowest BCUT2D eigenvalue weighted by molar-refractivity contribution is 1.19. The highest BCUT2D eigenvalue weighted by Crippen LogP contribution is 2.53. The summed E-state index contributed by atoms with van der Waals surface area (Å²) in [4.78, 5) is 10.6. The molecule has 0 fully saturated rings. The maximum Gasteiger partial charge on any atom is 0.160 e. The summed E-state index contributed by atoms with van der Waals surface area (Å²) in [6.07, 6.45) is 0. The molecule has 0 radical (unpaired) electrons. The van der Waals surface area contributed by atoms with Crippen LogP contribution in [0.4, 0.5) is 0 Å². The normalized spacial score (nSPS) is 11.9. The molecule has 0 amide bonds. The van der Waals surface area contributed by atoms with Gasteiger partial charge in [0.15, 0.2) is 5.82 Å². The molecule has 13 rings (SSSR count). The SMILES string of the molecule is c1ccc(-c2nc(-c3ccccc3)c3c(n2)-c2cccc4c(-c5ccc6c(-c7ccc8ccccc8c7)c7ccccc7c(-c7ccc8ccccc8c7)c6c5)ccc-3c24)cc1.